The van der Waals surface area contributed by atoms with Crippen molar-refractivity contribution < 1.29 is 18.7 Å². The van der Waals surface area contributed by atoms with E-state index in [-0.39, 0.29) is 23.1 Å². The second kappa shape index (κ2) is 7.06. The standard InChI is InChI=1S/C20H23N3O4/c1-2-26-18(25)16-13-27-19(21-16)23-10-8-20(9-11-23)12-15(17(24)22-20)14-6-4-3-5-7-14/h3-7,13,15H,2,8-12H2,1H3,(H,22,24)/t15-/m0/s1. The number of piperidine rings is 1. The highest BCUT2D eigenvalue weighted by Crippen LogP contribution is 2.39. The molecule has 4 rings (SSSR count). The molecule has 3 heterocycles. The van der Waals surface area contributed by atoms with Crippen LogP contribution < -0.4 is 10.2 Å². The summed E-state index contributed by atoms with van der Waals surface area (Å²) >= 11 is 0. The van der Waals surface area contributed by atoms with Crippen LogP contribution in [-0.2, 0) is 9.53 Å². The minimum absolute atomic E-state index is 0.0881. The molecule has 1 N–H and O–H groups in total. The number of carbonyl (C=O) groups is 2. The average molecular weight is 369 g/mol. The van der Waals surface area contributed by atoms with Crippen LogP contribution in [0.2, 0.25) is 0 Å². The van der Waals surface area contributed by atoms with Crippen LogP contribution in [0.1, 0.15) is 48.2 Å². The van der Waals surface area contributed by atoms with Gasteiger partial charge in [-0.05, 0) is 31.7 Å². The molecule has 1 aromatic heterocycles. The summed E-state index contributed by atoms with van der Waals surface area (Å²) in [5.41, 5.74) is 1.08. The second-order valence-electron chi connectivity index (χ2n) is 7.16. The number of nitrogens with zero attached hydrogens (tertiary/aromatic N) is 2. The molecular weight excluding hydrogens is 346 g/mol. The Bertz CT molecular complexity index is 825. The van der Waals surface area contributed by atoms with Crippen LogP contribution >= 0.6 is 0 Å². The molecule has 7 nitrogen and oxygen atoms in total. The summed E-state index contributed by atoms with van der Waals surface area (Å²) in [4.78, 5) is 30.5. The Morgan fingerprint density at radius 3 is 2.78 bits per heavy atom. The summed E-state index contributed by atoms with van der Waals surface area (Å²) in [7, 11) is 0. The number of ether oxygens (including phenoxy) is 1. The van der Waals surface area contributed by atoms with Crippen molar-refractivity contribution in [1.29, 1.82) is 0 Å². The number of carbonyl (C=O) groups excluding carboxylic acids is 2. The Morgan fingerprint density at radius 1 is 1.33 bits per heavy atom. The molecule has 1 atom stereocenters. The third-order valence-electron chi connectivity index (χ3n) is 5.47. The Hall–Kier alpha value is -2.83. The Morgan fingerprint density at radius 2 is 2.07 bits per heavy atom. The lowest BCUT2D eigenvalue weighted by molar-refractivity contribution is -0.121. The van der Waals surface area contributed by atoms with E-state index >= 15 is 0 Å². The highest BCUT2D eigenvalue weighted by Gasteiger charge is 2.46. The van der Waals surface area contributed by atoms with Crippen molar-refractivity contribution in [3.8, 4) is 0 Å². The van der Waals surface area contributed by atoms with E-state index in [9.17, 15) is 9.59 Å². The molecule has 2 aromatic rings. The number of esters is 1. The van der Waals surface area contributed by atoms with Crippen molar-refractivity contribution in [2.75, 3.05) is 24.6 Å². The van der Waals surface area contributed by atoms with Crippen LogP contribution in [0.5, 0.6) is 0 Å². The molecule has 0 unspecified atom stereocenters. The number of hydrogen-bond donors (Lipinski definition) is 1. The van der Waals surface area contributed by atoms with E-state index in [1.165, 1.54) is 6.26 Å². The second-order valence-corrected chi connectivity index (χ2v) is 7.16. The number of oxazole rings is 1. The van der Waals surface area contributed by atoms with E-state index in [0.29, 0.717) is 25.7 Å². The lowest BCUT2D eigenvalue weighted by Crippen LogP contribution is -2.51. The third kappa shape index (κ3) is 3.41. The molecule has 1 amide bonds. The number of hydrogen-bond acceptors (Lipinski definition) is 6. The van der Waals surface area contributed by atoms with E-state index < -0.39 is 5.97 Å². The van der Waals surface area contributed by atoms with Gasteiger partial charge in [0.15, 0.2) is 5.69 Å². The zero-order valence-electron chi connectivity index (χ0n) is 15.3. The van der Waals surface area contributed by atoms with Crippen LogP contribution in [0.3, 0.4) is 0 Å². The Balaban J connectivity index is 1.41. The summed E-state index contributed by atoms with van der Waals surface area (Å²) in [5.74, 6) is -0.458. The molecule has 2 saturated heterocycles. The van der Waals surface area contributed by atoms with Crippen molar-refractivity contribution in [3.05, 3.63) is 47.9 Å². The van der Waals surface area contributed by atoms with Crippen molar-refractivity contribution in [1.82, 2.24) is 10.3 Å². The van der Waals surface area contributed by atoms with Crippen molar-refractivity contribution in [3.63, 3.8) is 0 Å². The van der Waals surface area contributed by atoms with E-state index in [0.717, 1.165) is 24.8 Å². The fourth-order valence-electron chi connectivity index (χ4n) is 4.00. The van der Waals surface area contributed by atoms with Gasteiger partial charge in [-0.2, -0.15) is 4.98 Å². The van der Waals surface area contributed by atoms with Crippen molar-refractivity contribution in [2.24, 2.45) is 0 Å². The number of amides is 1. The maximum atomic E-state index is 12.5. The van der Waals surface area contributed by atoms with Gasteiger partial charge < -0.3 is 19.4 Å². The predicted octanol–water partition coefficient (Wildman–Crippen LogP) is 2.49. The molecular formula is C20H23N3O4. The summed E-state index contributed by atoms with van der Waals surface area (Å²) in [6.45, 7) is 3.48. The first-order chi connectivity index (χ1) is 13.1. The number of anilines is 1. The highest BCUT2D eigenvalue weighted by molar-refractivity contribution is 5.87. The maximum Gasteiger partial charge on any atom is 0.360 e. The molecule has 1 aromatic carbocycles. The quantitative estimate of drug-likeness (QED) is 0.834. The lowest BCUT2D eigenvalue weighted by atomic mass is 9.82. The van der Waals surface area contributed by atoms with Crippen LogP contribution in [0.25, 0.3) is 0 Å². The van der Waals surface area contributed by atoms with Gasteiger partial charge >= 0.3 is 5.97 Å². The van der Waals surface area contributed by atoms with E-state index in [1.54, 1.807) is 6.92 Å². The van der Waals surface area contributed by atoms with Crippen molar-refractivity contribution >= 4 is 17.9 Å². The number of aromatic nitrogens is 1. The summed E-state index contributed by atoms with van der Waals surface area (Å²) in [5, 5.41) is 3.24. The lowest BCUT2D eigenvalue weighted by Gasteiger charge is -2.38. The van der Waals surface area contributed by atoms with Gasteiger partial charge in [-0.1, -0.05) is 30.3 Å². The van der Waals surface area contributed by atoms with Gasteiger partial charge in [-0.25, -0.2) is 4.79 Å². The fraction of sp³-hybridized carbons (Fsp3) is 0.450. The topological polar surface area (TPSA) is 84.7 Å². The van der Waals surface area contributed by atoms with Crippen LogP contribution in [0.4, 0.5) is 6.01 Å². The third-order valence-corrected chi connectivity index (χ3v) is 5.47. The Labute approximate surface area is 157 Å². The number of rotatable bonds is 4. The Kier molecular flexibility index (Phi) is 4.59. The predicted molar refractivity (Wildman–Crippen MR) is 98.6 cm³/mol. The molecule has 142 valence electrons. The van der Waals surface area contributed by atoms with Gasteiger partial charge in [0.05, 0.1) is 12.5 Å². The molecule has 7 heteroatoms. The van der Waals surface area contributed by atoms with E-state index in [1.807, 2.05) is 35.2 Å². The fourth-order valence-corrected chi connectivity index (χ4v) is 4.00. The molecule has 2 aliphatic rings. The number of benzene rings is 1. The molecule has 2 aliphatic heterocycles. The first kappa shape index (κ1) is 17.6. The van der Waals surface area contributed by atoms with Crippen LogP contribution in [0.15, 0.2) is 41.0 Å². The van der Waals surface area contributed by atoms with Gasteiger partial charge in [-0.15, -0.1) is 0 Å². The minimum Gasteiger partial charge on any atom is -0.461 e. The summed E-state index contributed by atoms with van der Waals surface area (Å²) < 4.78 is 10.4. The monoisotopic (exact) mass is 369 g/mol. The van der Waals surface area contributed by atoms with Crippen molar-refractivity contribution in [2.45, 2.75) is 37.6 Å². The van der Waals surface area contributed by atoms with E-state index in [4.69, 9.17) is 9.15 Å². The van der Waals surface area contributed by atoms with E-state index in [2.05, 4.69) is 10.3 Å². The van der Waals surface area contributed by atoms with Gasteiger partial charge in [0.25, 0.3) is 6.01 Å². The largest absolute Gasteiger partial charge is 0.461 e. The zero-order valence-corrected chi connectivity index (χ0v) is 15.3. The highest BCUT2D eigenvalue weighted by atomic mass is 16.5. The molecule has 0 saturated carbocycles. The number of nitrogens with one attached hydrogen (secondary N) is 1. The summed E-state index contributed by atoms with van der Waals surface area (Å²) in [6.07, 6.45) is 3.78. The van der Waals surface area contributed by atoms with Gasteiger partial charge in [0.1, 0.15) is 6.26 Å². The molecule has 0 bridgehead atoms. The molecule has 1 spiro atoms. The van der Waals surface area contributed by atoms with Crippen LogP contribution in [-0.4, -0.2) is 42.1 Å². The molecule has 27 heavy (non-hydrogen) atoms. The first-order valence-electron chi connectivity index (χ1n) is 9.35. The molecule has 0 radical (unpaired) electrons. The average Bonchev–Trinajstić information content (AvgIpc) is 3.29. The smallest absolute Gasteiger partial charge is 0.360 e. The van der Waals surface area contributed by atoms with Crippen LogP contribution in [0, 0.1) is 0 Å². The molecule has 0 aliphatic carbocycles. The first-order valence-corrected chi connectivity index (χ1v) is 9.35. The van der Waals surface area contributed by atoms with Gasteiger partial charge in [0.2, 0.25) is 5.91 Å². The van der Waals surface area contributed by atoms with Gasteiger partial charge in [0, 0.05) is 18.6 Å². The SMILES string of the molecule is CCOC(=O)c1coc(N2CCC3(CC2)C[C@@H](c2ccccc2)C(=O)N3)n1. The summed E-state index contributed by atoms with van der Waals surface area (Å²) in [6, 6.07) is 10.4. The normalized spacial score (nSPS) is 21.3. The maximum absolute atomic E-state index is 12.5. The molecule has 2 fully saturated rings. The minimum atomic E-state index is -0.477. The van der Waals surface area contributed by atoms with Gasteiger partial charge in [-0.3, -0.25) is 4.79 Å². The zero-order chi connectivity index (χ0) is 18.9.